The Morgan fingerprint density at radius 2 is 2.32 bits per heavy atom. The van der Waals surface area contributed by atoms with Crippen molar-refractivity contribution >= 4 is 33.3 Å². The van der Waals surface area contributed by atoms with Gasteiger partial charge in [0.2, 0.25) is 11.9 Å². The van der Waals surface area contributed by atoms with E-state index in [-0.39, 0.29) is 27.0 Å². The van der Waals surface area contributed by atoms with Gasteiger partial charge >= 0.3 is 0 Å². The van der Waals surface area contributed by atoms with E-state index in [0.717, 1.165) is 22.1 Å². The van der Waals surface area contributed by atoms with Crippen molar-refractivity contribution in [3.63, 3.8) is 0 Å². The molecule has 0 saturated carbocycles. The fraction of sp³-hybridized carbons (Fsp3) is 0.286. The summed E-state index contributed by atoms with van der Waals surface area (Å²) in [5, 5.41) is 17.1. The SMILES string of the molecule is CCCn1nnnc1NC(=O)c1c[c-]c2ccsc2c1C.[W]. The van der Waals surface area contributed by atoms with Gasteiger partial charge in [-0.2, -0.15) is 0 Å². The van der Waals surface area contributed by atoms with Crippen molar-refractivity contribution in [2.75, 3.05) is 5.32 Å². The number of rotatable bonds is 4. The van der Waals surface area contributed by atoms with Gasteiger partial charge in [0, 0.05) is 27.6 Å². The largest absolute Gasteiger partial charge is 0.297 e. The number of benzene rings is 1. The van der Waals surface area contributed by atoms with Crippen LogP contribution in [0.4, 0.5) is 5.95 Å². The molecule has 2 heterocycles. The summed E-state index contributed by atoms with van der Waals surface area (Å²) in [7, 11) is 0. The number of fused-ring (bicyclic) bond motifs is 1. The fourth-order valence-corrected chi connectivity index (χ4v) is 3.04. The van der Waals surface area contributed by atoms with Crippen molar-refractivity contribution in [1.29, 1.82) is 0 Å². The van der Waals surface area contributed by atoms with E-state index in [1.807, 2.05) is 25.3 Å². The summed E-state index contributed by atoms with van der Waals surface area (Å²) in [6.45, 7) is 4.63. The van der Waals surface area contributed by atoms with E-state index in [2.05, 4.69) is 26.9 Å². The predicted molar refractivity (Wildman–Crippen MR) is 81.5 cm³/mol. The number of amides is 1. The third-order valence-corrected chi connectivity index (χ3v) is 4.25. The average Bonchev–Trinajstić information content (AvgIpc) is 3.09. The zero-order valence-electron chi connectivity index (χ0n) is 12.2. The summed E-state index contributed by atoms with van der Waals surface area (Å²) in [4.78, 5) is 12.4. The van der Waals surface area contributed by atoms with Gasteiger partial charge in [-0.05, 0) is 22.4 Å². The van der Waals surface area contributed by atoms with Crippen molar-refractivity contribution in [1.82, 2.24) is 20.2 Å². The summed E-state index contributed by atoms with van der Waals surface area (Å²) in [6.07, 6.45) is 0.891. The third-order valence-electron chi connectivity index (χ3n) is 3.22. The second-order valence-corrected chi connectivity index (χ2v) is 5.59. The van der Waals surface area contributed by atoms with Crippen LogP contribution in [-0.4, -0.2) is 26.1 Å². The number of hydrogen-bond donors (Lipinski definition) is 1. The molecule has 0 saturated heterocycles. The minimum atomic E-state index is -0.216. The van der Waals surface area contributed by atoms with Crippen LogP contribution in [-0.2, 0) is 27.6 Å². The first-order chi connectivity index (χ1) is 10.2. The number of carbonyl (C=O) groups is 1. The predicted octanol–water partition coefficient (Wildman–Crippen LogP) is 2.66. The number of thiophene rings is 1. The van der Waals surface area contributed by atoms with E-state index in [9.17, 15) is 4.79 Å². The van der Waals surface area contributed by atoms with Crippen LogP contribution in [0, 0.1) is 13.0 Å². The van der Waals surface area contributed by atoms with Gasteiger partial charge in [-0.25, -0.2) is 16.0 Å². The van der Waals surface area contributed by atoms with Crippen LogP contribution in [0.25, 0.3) is 10.1 Å². The van der Waals surface area contributed by atoms with E-state index in [1.54, 1.807) is 22.1 Å². The Balaban J connectivity index is 0.00000176. The molecule has 0 radical (unpaired) electrons. The molecule has 0 aliphatic carbocycles. The number of tetrazole rings is 1. The number of aromatic nitrogens is 4. The molecule has 2 aromatic heterocycles. The maximum absolute atomic E-state index is 12.4. The molecule has 1 N–H and O–H groups in total. The van der Waals surface area contributed by atoms with Gasteiger partial charge in [0.15, 0.2) is 0 Å². The van der Waals surface area contributed by atoms with Crippen LogP contribution >= 0.6 is 11.3 Å². The average molecular weight is 484 g/mol. The molecule has 0 aliphatic heterocycles. The zero-order chi connectivity index (χ0) is 14.8. The van der Waals surface area contributed by atoms with E-state index in [0.29, 0.717) is 18.1 Å². The van der Waals surface area contributed by atoms with E-state index in [1.165, 1.54) is 0 Å². The van der Waals surface area contributed by atoms with Gasteiger partial charge < -0.3 is 0 Å². The molecule has 8 heteroatoms. The van der Waals surface area contributed by atoms with Crippen molar-refractivity contribution in [3.8, 4) is 0 Å². The van der Waals surface area contributed by atoms with Crippen LogP contribution in [0.3, 0.4) is 0 Å². The molecule has 3 aromatic rings. The number of carbonyl (C=O) groups excluding carboxylic acids is 1. The Bertz CT molecular complexity index is 797. The Hall–Kier alpha value is -1.59. The maximum Gasteiger partial charge on any atom is 0.249 e. The first kappa shape index (κ1) is 16.8. The topological polar surface area (TPSA) is 72.7 Å². The smallest absolute Gasteiger partial charge is 0.249 e. The number of nitrogens with one attached hydrogen (secondary N) is 1. The first-order valence-electron chi connectivity index (χ1n) is 6.66. The van der Waals surface area contributed by atoms with Crippen LogP contribution in [0.15, 0.2) is 17.5 Å². The Labute approximate surface area is 146 Å². The van der Waals surface area contributed by atoms with E-state index >= 15 is 0 Å². The van der Waals surface area contributed by atoms with Gasteiger partial charge in [0.05, 0.1) is 0 Å². The van der Waals surface area contributed by atoms with E-state index in [4.69, 9.17) is 0 Å². The molecular weight excluding hydrogens is 470 g/mol. The quantitative estimate of drug-likeness (QED) is 0.579. The molecule has 0 unspecified atom stereocenters. The molecule has 3 rings (SSSR count). The molecule has 0 fully saturated rings. The van der Waals surface area contributed by atoms with E-state index < -0.39 is 0 Å². The molecule has 6 nitrogen and oxygen atoms in total. The van der Waals surface area contributed by atoms with Crippen molar-refractivity contribution in [3.05, 3.63) is 34.7 Å². The molecule has 0 aliphatic rings. The number of nitrogens with zero attached hydrogens (tertiary/aromatic N) is 4. The molecule has 0 spiro atoms. The van der Waals surface area contributed by atoms with Crippen molar-refractivity contribution in [2.24, 2.45) is 0 Å². The van der Waals surface area contributed by atoms with Gasteiger partial charge in [-0.15, -0.1) is 29.1 Å². The Morgan fingerprint density at radius 3 is 3.09 bits per heavy atom. The fourth-order valence-electron chi connectivity index (χ4n) is 2.16. The Kier molecular flexibility index (Phi) is 5.42. The van der Waals surface area contributed by atoms with Crippen LogP contribution < -0.4 is 5.32 Å². The minimum Gasteiger partial charge on any atom is -0.297 e. The normalized spacial score (nSPS) is 10.5. The molecule has 22 heavy (non-hydrogen) atoms. The summed E-state index contributed by atoms with van der Waals surface area (Å²) in [6, 6.07) is 6.84. The van der Waals surface area contributed by atoms with Crippen LogP contribution in [0.5, 0.6) is 0 Å². The minimum absolute atomic E-state index is 0. The molecule has 1 amide bonds. The summed E-state index contributed by atoms with van der Waals surface area (Å²) in [5.41, 5.74) is 1.54. The van der Waals surface area contributed by atoms with Crippen LogP contribution in [0.1, 0.15) is 29.3 Å². The number of hydrogen-bond acceptors (Lipinski definition) is 5. The second-order valence-electron chi connectivity index (χ2n) is 4.67. The van der Waals surface area contributed by atoms with Crippen molar-refractivity contribution in [2.45, 2.75) is 26.8 Å². The van der Waals surface area contributed by atoms with Crippen LogP contribution in [0.2, 0.25) is 0 Å². The third kappa shape index (κ3) is 3.10. The summed E-state index contributed by atoms with van der Waals surface area (Å²) in [5.74, 6) is 0.152. The van der Waals surface area contributed by atoms with Gasteiger partial charge in [0.25, 0.3) is 0 Å². The molecule has 114 valence electrons. The maximum atomic E-state index is 12.4. The summed E-state index contributed by atoms with van der Waals surface area (Å²) < 4.78 is 2.66. The standard InChI is InChI=1S/C14H14N5OS.W/c1-3-7-19-14(16-17-18-19)15-13(20)11-5-4-10-6-8-21-12(10)9(11)2;/h5-6,8H,3,7H2,1-2H3,(H,15,16,18,20);/q-1;. The monoisotopic (exact) mass is 484 g/mol. The Morgan fingerprint density at radius 1 is 1.50 bits per heavy atom. The molecule has 0 atom stereocenters. The first-order valence-corrected chi connectivity index (χ1v) is 7.54. The second kappa shape index (κ2) is 7.11. The van der Waals surface area contributed by atoms with Gasteiger partial charge in [0.1, 0.15) is 0 Å². The zero-order valence-corrected chi connectivity index (χ0v) is 15.9. The van der Waals surface area contributed by atoms with Crippen molar-refractivity contribution < 1.29 is 25.9 Å². The molecular formula is C14H14N5OSW-. The molecule has 0 bridgehead atoms. The summed E-state index contributed by atoms with van der Waals surface area (Å²) >= 11 is 1.61. The van der Waals surface area contributed by atoms with Gasteiger partial charge in [-0.1, -0.05) is 29.0 Å². The number of anilines is 1. The molecule has 1 aromatic carbocycles. The van der Waals surface area contributed by atoms with Gasteiger partial charge in [-0.3, -0.25) is 10.1 Å². The number of aryl methyl sites for hydroxylation is 2.